The van der Waals surface area contributed by atoms with E-state index in [-0.39, 0.29) is 5.02 Å². The number of aromatic hydroxyl groups is 2. The van der Waals surface area contributed by atoms with Crippen LogP contribution in [-0.4, -0.2) is 21.3 Å². The Labute approximate surface area is 72.6 Å². The van der Waals surface area contributed by atoms with Gasteiger partial charge in [-0.15, -0.1) is 0 Å². The second kappa shape index (κ2) is 2.91. The average Bonchev–Trinajstić information content (AvgIpc) is 1.96. The summed E-state index contributed by atoms with van der Waals surface area (Å²) in [5.74, 6) is -2.56. The molecule has 1 aromatic rings. The Kier molecular flexibility index (Phi) is 2.10. The number of rotatable bonds is 1. The third-order valence-corrected chi connectivity index (χ3v) is 1.50. The lowest BCUT2D eigenvalue weighted by Gasteiger charge is -2.01. The van der Waals surface area contributed by atoms with Crippen molar-refractivity contribution in [2.45, 2.75) is 0 Å². The van der Waals surface area contributed by atoms with E-state index in [2.05, 4.69) is 0 Å². The first kappa shape index (κ1) is 8.67. The van der Waals surface area contributed by atoms with Crippen LogP contribution >= 0.6 is 11.6 Å². The van der Waals surface area contributed by atoms with Crippen LogP contribution in [0.5, 0.6) is 11.5 Å². The minimum absolute atomic E-state index is 0.0581. The second-order valence-corrected chi connectivity index (χ2v) is 2.56. The largest absolute Gasteiger partial charge is 0.504 e. The highest BCUT2D eigenvalue weighted by Crippen LogP contribution is 2.32. The maximum atomic E-state index is 10.4. The average molecular weight is 189 g/mol. The van der Waals surface area contributed by atoms with Crippen LogP contribution in [-0.2, 0) is 0 Å². The van der Waals surface area contributed by atoms with E-state index < -0.39 is 23.0 Å². The fraction of sp³-hybridized carbons (Fsp3) is 0. The minimum Gasteiger partial charge on any atom is -0.504 e. The molecule has 0 fully saturated rings. The molecular weight excluding hydrogens is 184 g/mol. The van der Waals surface area contributed by atoms with Crippen LogP contribution < -0.4 is 0 Å². The van der Waals surface area contributed by atoms with E-state index in [4.69, 9.17) is 26.9 Å². The number of halogens is 1. The zero-order valence-corrected chi connectivity index (χ0v) is 6.54. The van der Waals surface area contributed by atoms with Gasteiger partial charge in [-0.05, 0) is 6.07 Å². The van der Waals surface area contributed by atoms with Crippen LogP contribution in [0.1, 0.15) is 10.4 Å². The molecule has 0 saturated heterocycles. The first-order valence-electron chi connectivity index (χ1n) is 2.97. The molecule has 0 aliphatic heterocycles. The number of carboxylic acid groups (broad SMARTS) is 1. The molecule has 1 aromatic carbocycles. The highest BCUT2D eigenvalue weighted by Gasteiger charge is 2.13. The number of hydrogen-bond acceptors (Lipinski definition) is 3. The summed E-state index contributed by atoms with van der Waals surface area (Å²) in [7, 11) is 0. The number of aromatic carboxylic acids is 1. The van der Waals surface area contributed by atoms with E-state index in [0.29, 0.717) is 0 Å². The van der Waals surface area contributed by atoms with Crippen molar-refractivity contribution in [3.63, 3.8) is 0 Å². The topological polar surface area (TPSA) is 77.8 Å². The van der Waals surface area contributed by atoms with Crippen molar-refractivity contribution in [1.82, 2.24) is 0 Å². The lowest BCUT2D eigenvalue weighted by atomic mass is 10.2. The summed E-state index contributed by atoms with van der Waals surface area (Å²) in [6.07, 6.45) is 0. The van der Waals surface area contributed by atoms with Crippen LogP contribution in [0.2, 0.25) is 5.02 Å². The molecule has 5 heteroatoms. The predicted octanol–water partition coefficient (Wildman–Crippen LogP) is 1.45. The standard InChI is InChI=1S/C7H5ClO4/c8-3-1-4(7(11)12)6(10)5(9)2-3/h1-2,9-10H,(H,11,12). The van der Waals surface area contributed by atoms with E-state index in [1.54, 1.807) is 0 Å². The molecule has 0 aromatic heterocycles. The van der Waals surface area contributed by atoms with Crippen molar-refractivity contribution < 1.29 is 20.1 Å². The Bertz CT molecular complexity index is 334. The zero-order chi connectivity index (χ0) is 9.30. The quantitative estimate of drug-likeness (QED) is 0.583. The van der Waals surface area contributed by atoms with Gasteiger partial charge in [0.2, 0.25) is 0 Å². The van der Waals surface area contributed by atoms with Crippen LogP contribution in [0.15, 0.2) is 12.1 Å². The molecule has 1 rings (SSSR count). The summed E-state index contributed by atoms with van der Waals surface area (Å²) >= 11 is 5.43. The number of phenols is 2. The predicted molar refractivity (Wildman–Crippen MR) is 41.7 cm³/mol. The SMILES string of the molecule is O=C(O)c1cc(Cl)cc(O)c1O. The van der Waals surface area contributed by atoms with E-state index in [0.717, 1.165) is 12.1 Å². The van der Waals surface area contributed by atoms with Gasteiger partial charge in [-0.1, -0.05) is 11.6 Å². The number of benzene rings is 1. The molecule has 0 saturated carbocycles. The van der Waals surface area contributed by atoms with Gasteiger partial charge in [0, 0.05) is 11.1 Å². The maximum absolute atomic E-state index is 10.4. The summed E-state index contributed by atoms with van der Waals surface area (Å²) in [4.78, 5) is 10.4. The van der Waals surface area contributed by atoms with Crippen molar-refractivity contribution in [2.24, 2.45) is 0 Å². The van der Waals surface area contributed by atoms with E-state index >= 15 is 0 Å². The molecule has 0 amide bonds. The molecule has 0 radical (unpaired) electrons. The zero-order valence-electron chi connectivity index (χ0n) is 5.78. The highest BCUT2D eigenvalue weighted by molar-refractivity contribution is 6.31. The van der Waals surface area contributed by atoms with Gasteiger partial charge in [0.05, 0.1) is 0 Å². The fourth-order valence-electron chi connectivity index (χ4n) is 0.748. The summed E-state index contributed by atoms with van der Waals surface area (Å²) in [6.45, 7) is 0. The van der Waals surface area contributed by atoms with Gasteiger partial charge in [-0.2, -0.15) is 0 Å². The molecule has 0 heterocycles. The lowest BCUT2D eigenvalue weighted by Crippen LogP contribution is -1.96. The second-order valence-electron chi connectivity index (χ2n) is 2.13. The van der Waals surface area contributed by atoms with Crippen molar-refractivity contribution in [1.29, 1.82) is 0 Å². The van der Waals surface area contributed by atoms with Crippen LogP contribution in [0.25, 0.3) is 0 Å². The molecular formula is C7H5ClO4. The first-order chi connectivity index (χ1) is 5.52. The molecule has 12 heavy (non-hydrogen) atoms. The Morgan fingerprint density at radius 3 is 2.42 bits per heavy atom. The van der Waals surface area contributed by atoms with Gasteiger partial charge in [-0.3, -0.25) is 0 Å². The number of phenolic OH excluding ortho intramolecular Hbond substituents is 1. The monoisotopic (exact) mass is 188 g/mol. The summed E-state index contributed by atoms with van der Waals surface area (Å²) in [6, 6.07) is 2.11. The molecule has 0 aliphatic rings. The van der Waals surface area contributed by atoms with Gasteiger partial charge in [-0.25, -0.2) is 4.79 Å². The van der Waals surface area contributed by atoms with Gasteiger partial charge in [0.15, 0.2) is 11.5 Å². The van der Waals surface area contributed by atoms with Gasteiger partial charge in [0.25, 0.3) is 0 Å². The molecule has 0 atom stereocenters. The van der Waals surface area contributed by atoms with Crippen LogP contribution in [0, 0.1) is 0 Å². The molecule has 0 aliphatic carbocycles. The molecule has 0 bridgehead atoms. The maximum Gasteiger partial charge on any atom is 0.339 e. The smallest absolute Gasteiger partial charge is 0.339 e. The Hall–Kier alpha value is -1.42. The van der Waals surface area contributed by atoms with E-state index in [1.807, 2.05) is 0 Å². The van der Waals surface area contributed by atoms with Crippen LogP contribution in [0.3, 0.4) is 0 Å². The minimum atomic E-state index is -1.34. The molecule has 4 nitrogen and oxygen atoms in total. The molecule has 64 valence electrons. The Morgan fingerprint density at radius 1 is 1.33 bits per heavy atom. The van der Waals surface area contributed by atoms with E-state index in [1.165, 1.54) is 0 Å². The first-order valence-corrected chi connectivity index (χ1v) is 3.35. The van der Waals surface area contributed by atoms with Crippen molar-refractivity contribution >= 4 is 17.6 Å². The lowest BCUT2D eigenvalue weighted by molar-refractivity contribution is 0.0693. The molecule has 0 spiro atoms. The van der Waals surface area contributed by atoms with Crippen molar-refractivity contribution in [2.75, 3.05) is 0 Å². The van der Waals surface area contributed by atoms with Crippen LogP contribution in [0.4, 0.5) is 0 Å². The molecule has 3 N–H and O–H groups in total. The van der Waals surface area contributed by atoms with Gasteiger partial charge in [0.1, 0.15) is 5.56 Å². The summed E-state index contributed by atoms with van der Waals surface area (Å²) in [5, 5.41) is 26.5. The number of carbonyl (C=O) groups is 1. The summed E-state index contributed by atoms with van der Waals surface area (Å²) in [5.41, 5.74) is -0.417. The van der Waals surface area contributed by atoms with E-state index in [9.17, 15) is 4.79 Å². The summed E-state index contributed by atoms with van der Waals surface area (Å²) < 4.78 is 0. The third-order valence-electron chi connectivity index (χ3n) is 1.28. The Balaban J connectivity index is 3.37. The van der Waals surface area contributed by atoms with Gasteiger partial charge >= 0.3 is 5.97 Å². The fourth-order valence-corrected chi connectivity index (χ4v) is 0.960. The van der Waals surface area contributed by atoms with Crippen molar-refractivity contribution in [3.05, 3.63) is 22.7 Å². The van der Waals surface area contributed by atoms with Gasteiger partial charge < -0.3 is 15.3 Å². The van der Waals surface area contributed by atoms with Crippen molar-refractivity contribution in [3.8, 4) is 11.5 Å². The normalized spacial score (nSPS) is 9.75. The third kappa shape index (κ3) is 1.43. The number of carboxylic acids is 1. The Morgan fingerprint density at radius 2 is 1.92 bits per heavy atom. The highest BCUT2D eigenvalue weighted by atomic mass is 35.5. The number of hydrogen-bond donors (Lipinski definition) is 3. The molecule has 0 unspecified atom stereocenters.